The SMILES string of the molecule is CC(=O)OC[C@H]1O[C@H](OCCn2cc(COCC(COCCOCCn3cc(CO[C@@H]4O[C@H](COC(C)=O)[C@@H](OC(C)=O)[C@H](OC(C)=O)[C@H]4OC(C)=O)nn3)(COCCOCCn3cc(CO[C@@H]4O[C@H](COC(C)=O)[C@@H](OC(C)=O)[C@H](OC(C)=O)[C@H]4OC(C)=O)nn3)COCc3cn(CCO[C@H]4O[C@H](COC(C)=O)[C@@H](OC(C)=O)[C@H](OC(C)=O)[C@@H]4OC(C)=O)nn3)nn2)[C@@H](OC(C)=O)[C@@H](OC(C)=O)[C@@H]1OC(C)=O. The van der Waals surface area contributed by atoms with Crippen molar-refractivity contribution < 1.29 is 219 Å². The second-order valence-electron chi connectivity index (χ2n) is 32.3. The first-order valence-corrected chi connectivity index (χ1v) is 44.7. The van der Waals surface area contributed by atoms with Crippen molar-refractivity contribution in [3.8, 4) is 0 Å². The van der Waals surface area contributed by atoms with Crippen molar-refractivity contribution in [2.24, 2.45) is 5.41 Å². The molecule has 4 fully saturated rings. The van der Waals surface area contributed by atoms with Crippen molar-refractivity contribution in [2.75, 3.05) is 106 Å². The molecule has 58 nitrogen and oxygen atoms in total. The molecule has 4 saturated heterocycles. The van der Waals surface area contributed by atoms with Crippen LogP contribution in [0.3, 0.4) is 0 Å². The molecule has 796 valence electrons. The van der Waals surface area contributed by atoms with Crippen molar-refractivity contribution in [3.63, 3.8) is 0 Å². The van der Waals surface area contributed by atoms with Gasteiger partial charge in [0.05, 0.1) is 162 Å². The molecule has 0 saturated carbocycles. The van der Waals surface area contributed by atoms with Crippen LogP contribution in [0.2, 0.25) is 0 Å². The normalized spacial score (nSPS) is 24.1. The predicted molar refractivity (Wildman–Crippen MR) is 454 cm³/mol. The van der Waals surface area contributed by atoms with Crippen LogP contribution in [0, 0.1) is 5.41 Å². The van der Waals surface area contributed by atoms with E-state index in [0.717, 1.165) is 111 Å². The Kier molecular flexibility index (Phi) is 47.2. The lowest BCUT2D eigenvalue weighted by atomic mass is 9.92. The third-order valence-corrected chi connectivity index (χ3v) is 19.9. The third-order valence-electron chi connectivity index (χ3n) is 19.9. The molecule has 0 aliphatic carbocycles. The maximum atomic E-state index is 12.6. The largest absolute Gasteiger partial charge is 0.463 e. The Balaban J connectivity index is 1.00. The van der Waals surface area contributed by atoms with E-state index in [-0.39, 0.29) is 155 Å². The van der Waals surface area contributed by atoms with Crippen LogP contribution >= 0.6 is 0 Å². The Morgan fingerprint density at radius 2 is 0.441 bits per heavy atom. The predicted octanol–water partition coefficient (Wildman–Crippen LogP) is -2.36. The van der Waals surface area contributed by atoms with Gasteiger partial charge in [0, 0.05) is 111 Å². The number of rotatable bonds is 58. The van der Waals surface area contributed by atoms with E-state index in [1.165, 1.54) is 43.5 Å². The standard InChI is InChI=1S/C85H120N12O46/c1-45(98)122-37-65-69(128-49(5)102)73(132-53(9)106)77(136-57(13)110)81(140-65)120-23-19-96-29-61(86-90-96)33-118-43-85(44-119-34-62-30-97(91-87-62)20-24-121-82-78(137-58(14)111)74(133-54(10)107)70(129-50(6)103)66(141-82)38-123-46(2)99,41-116-27-25-114-21-17-94-31-63(88-92-94)35-126-83-79(138-59(15)112)75(134-55(11)108)71(130-51(7)104)67(142-83)39-124-47(3)100)42-117-28-26-115-22-18-95-32-64(89-93-95)36-127-84-80(139-60(16)113)76(135-56(12)109)72(131-52(8)105)68(143-84)40-125-48(4)101/h29-32,65-84H,17-28,33-44H2,1-16H3/t65-,66-,67-,68-,69-,70-,71-,72-,73+,74+,75+,76+,77+,78+,79-,80-,81+,82+,83-,84-/m1/s1. The first-order valence-electron chi connectivity index (χ1n) is 44.7. The van der Waals surface area contributed by atoms with E-state index < -0.39 is 250 Å². The lowest BCUT2D eigenvalue weighted by molar-refractivity contribution is -0.310. The average Bonchev–Trinajstić information content (AvgIpc) is 1.70. The summed E-state index contributed by atoms with van der Waals surface area (Å²) in [5.74, 6) is -13.0. The van der Waals surface area contributed by atoms with Gasteiger partial charge in [-0.15, -0.1) is 20.4 Å². The van der Waals surface area contributed by atoms with Gasteiger partial charge in [0.2, 0.25) is 0 Å². The van der Waals surface area contributed by atoms with Gasteiger partial charge >= 0.3 is 95.5 Å². The van der Waals surface area contributed by atoms with Gasteiger partial charge in [-0.05, 0) is 0 Å². The molecule has 0 unspecified atom stereocenters. The first kappa shape index (κ1) is 116. The quantitative estimate of drug-likeness (QED) is 0.0253. The van der Waals surface area contributed by atoms with Crippen LogP contribution in [0.4, 0.5) is 0 Å². The number of aromatic nitrogens is 12. The Labute approximate surface area is 816 Å². The van der Waals surface area contributed by atoms with Crippen molar-refractivity contribution in [2.45, 2.75) is 286 Å². The molecule has 4 aliphatic heterocycles. The Hall–Kier alpha value is -12.5. The lowest BCUT2D eigenvalue weighted by Crippen LogP contribution is -2.63. The van der Waals surface area contributed by atoms with Gasteiger partial charge in [0.15, 0.2) is 98.4 Å². The van der Waals surface area contributed by atoms with Gasteiger partial charge in [0.1, 0.15) is 73.6 Å². The highest BCUT2D eigenvalue weighted by Crippen LogP contribution is 2.36. The fourth-order valence-electron chi connectivity index (χ4n) is 14.5. The third kappa shape index (κ3) is 40.0. The Morgan fingerprint density at radius 3 is 0.678 bits per heavy atom. The molecular weight excluding hydrogens is 1920 g/mol. The zero-order chi connectivity index (χ0) is 105. The van der Waals surface area contributed by atoms with E-state index in [4.69, 9.17) is 142 Å². The number of hydrogen-bond acceptors (Lipinski definition) is 54. The maximum absolute atomic E-state index is 12.6. The molecule has 4 aromatic heterocycles. The second-order valence-corrected chi connectivity index (χ2v) is 32.3. The molecule has 58 heteroatoms. The van der Waals surface area contributed by atoms with Crippen LogP contribution in [0.1, 0.15) is 134 Å². The van der Waals surface area contributed by atoms with Crippen molar-refractivity contribution in [1.82, 2.24) is 60.0 Å². The Morgan fingerprint density at radius 1 is 0.238 bits per heavy atom. The molecular formula is C85H120N12O46. The minimum atomic E-state index is -1.52. The van der Waals surface area contributed by atoms with E-state index in [1.54, 1.807) is 0 Å². The van der Waals surface area contributed by atoms with Crippen LogP contribution < -0.4 is 0 Å². The number of carbonyl (C=O) groups excluding carboxylic acids is 16. The summed E-state index contributed by atoms with van der Waals surface area (Å²) < 4.78 is 179. The summed E-state index contributed by atoms with van der Waals surface area (Å²) in [5.41, 5.74) is -0.274. The van der Waals surface area contributed by atoms with Crippen molar-refractivity contribution in [3.05, 3.63) is 47.6 Å². The molecule has 143 heavy (non-hydrogen) atoms. The van der Waals surface area contributed by atoms with E-state index in [2.05, 4.69) is 41.2 Å². The van der Waals surface area contributed by atoms with Gasteiger partial charge in [-0.2, -0.15) is 0 Å². The topological polar surface area (TPSA) is 673 Å². The summed E-state index contributed by atoms with van der Waals surface area (Å²) in [7, 11) is 0. The van der Waals surface area contributed by atoms with Gasteiger partial charge < -0.3 is 142 Å². The molecule has 0 aromatic carbocycles. The highest BCUT2D eigenvalue weighted by molar-refractivity contribution is 5.72. The molecule has 0 spiro atoms. The fourth-order valence-corrected chi connectivity index (χ4v) is 14.5. The first-order chi connectivity index (χ1) is 68.0. The molecule has 0 amide bonds. The highest BCUT2D eigenvalue weighted by atomic mass is 16.8. The van der Waals surface area contributed by atoms with E-state index in [0.29, 0.717) is 0 Å². The summed E-state index contributed by atoms with van der Waals surface area (Å²) in [6.07, 6.45) is -23.0. The molecule has 8 rings (SSSR count). The minimum absolute atomic E-state index is 0.0240. The zero-order valence-corrected chi connectivity index (χ0v) is 81.5. The summed E-state index contributed by atoms with van der Waals surface area (Å²) in [6.45, 7) is 13.0. The van der Waals surface area contributed by atoms with Gasteiger partial charge in [-0.25, -0.2) is 18.7 Å². The lowest BCUT2D eigenvalue weighted by Gasteiger charge is -2.44. The van der Waals surface area contributed by atoms with Gasteiger partial charge in [-0.3, -0.25) is 76.7 Å². The molecule has 20 atom stereocenters. The molecule has 0 radical (unpaired) electrons. The minimum Gasteiger partial charge on any atom is -0.463 e. The van der Waals surface area contributed by atoms with E-state index in [9.17, 15) is 76.7 Å². The average molecular weight is 2050 g/mol. The summed E-state index contributed by atoms with van der Waals surface area (Å²) in [6, 6.07) is 0. The highest BCUT2D eigenvalue weighted by Gasteiger charge is 2.58. The second kappa shape index (κ2) is 58.3. The summed E-state index contributed by atoms with van der Waals surface area (Å²) >= 11 is 0. The van der Waals surface area contributed by atoms with Crippen LogP contribution in [0.5, 0.6) is 0 Å². The zero-order valence-electron chi connectivity index (χ0n) is 81.5. The number of hydrogen-bond donors (Lipinski definition) is 0. The van der Waals surface area contributed by atoms with Gasteiger partial charge in [0.25, 0.3) is 0 Å². The van der Waals surface area contributed by atoms with Crippen molar-refractivity contribution >= 4 is 95.5 Å². The van der Waals surface area contributed by atoms with Crippen LogP contribution in [-0.4, -0.2) is 384 Å². The molecule has 8 heterocycles. The van der Waals surface area contributed by atoms with Crippen molar-refractivity contribution in [1.29, 1.82) is 0 Å². The smallest absolute Gasteiger partial charge is 0.303 e. The number of carbonyl (C=O) groups is 16. The maximum Gasteiger partial charge on any atom is 0.303 e. The fraction of sp³-hybridized carbons (Fsp3) is 0.718. The van der Waals surface area contributed by atoms with E-state index in [1.807, 2.05) is 0 Å². The summed E-state index contributed by atoms with van der Waals surface area (Å²) in [4.78, 5) is 197. The van der Waals surface area contributed by atoms with Crippen LogP contribution in [-0.2, 0) is 271 Å². The number of esters is 16. The molecule has 0 bridgehead atoms. The van der Waals surface area contributed by atoms with Crippen LogP contribution in [0.15, 0.2) is 24.8 Å². The molecule has 4 aromatic rings. The number of ether oxygens (including phenoxy) is 30. The monoisotopic (exact) mass is 2040 g/mol. The van der Waals surface area contributed by atoms with Crippen LogP contribution in [0.25, 0.3) is 0 Å². The molecule has 0 N–H and O–H groups in total. The number of nitrogens with zero attached hydrogens (tertiary/aromatic N) is 12. The van der Waals surface area contributed by atoms with Gasteiger partial charge in [-0.1, -0.05) is 20.9 Å². The molecule has 4 aliphatic rings. The summed E-state index contributed by atoms with van der Waals surface area (Å²) in [5, 5.41) is 33.7. The Bertz CT molecular complexity index is 4560. The van der Waals surface area contributed by atoms with E-state index >= 15 is 0 Å².